The topological polar surface area (TPSA) is 47.4 Å². The SMILES string of the molecule is CCCOc1nn(C)c(=O)cc1N1CCCCC1. The van der Waals surface area contributed by atoms with E-state index in [-0.39, 0.29) is 5.56 Å². The average molecular weight is 251 g/mol. The molecule has 0 aliphatic carbocycles. The fraction of sp³-hybridized carbons (Fsp3) is 0.692. The molecule has 1 aliphatic rings. The van der Waals surface area contributed by atoms with E-state index >= 15 is 0 Å². The van der Waals surface area contributed by atoms with Gasteiger partial charge in [-0.15, -0.1) is 5.10 Å². The third kappa shape index (κ3) is 2.83. The zero-order chi connectivity index (χ0) is 13.0. The first-order valence-corrected chi connectivity index (χ1v) is 6.68. The molecule has 0 N–H and O–H groups in total. The van der Waals surface area contributed by atoms with Gasteiger partial charge >= 0.3 is 0 Å². The lowest BCUT2D eigenvalue weighted by Gasteiger charge is -2.29. The van der Waals surface area contributed by atoms with Gasteiger partial charge < -0.3 is 9.64 Å². The molecule has 1 aromatic heterocycles. The van der Waals surface area contributed by atoms with E-state index in [4.69, 9.17) is 4.74 Å². The lowest BCUT2D eigenvalue weighted by molar-refractivity contribution is 0.296. The van der Waals surface area contributed by atoms with Crippen molar-refractivity contribution < 1.29 is 4.74 Å². The van der Waals surface area contributed by atoms with Crippen LogP contribution in [0.15, 0.2) is 10.9 Å². The highest BCUT2D eigenvalue weighted by Gasteiger charge is 2.18. The van der Waals surface area contributed by atoms with E-state index in [1.54, 1.807) is 13.1 Å². The Balaban J connectivity index is 2.29. The molecular formula is C13H21N3O2. The summed E-state index contributed by atoms with van der Waals surface area (Å²) in [7, 11) is 1.65. The van der Waals surface area contributed by atoms with E-state index in [1.807, 2.05) is 0 Å². The van der Waals surface area contributed by atoms with Gasteiger partial charge in [-0.25, -0.2) is 4.68 Å². The predicted molar refractivity (Wildman–Crippen MR) is 71.3 cm³/mol. The van der Waals surface area contributed by atoms with E-state index in [9.17, 15) is 4.79 Å². The summed E-state index contributed by atoms with van der Waals surface area (Å²) in [6.07, 6.45) is 4.54. The first-order chi connectivity index (χ1) is 8.72. The standard InChI is InChI=1S/C13H21N3O2/c1-3-9-18-13-11(10-12(17)15(2)14-13)16-7-5-4-6-8-16/h10H,3-9H2,1-2H3. The minimum absolute atomic E-state index is 0.0839. The molecule has 5 heteroatoms. The Morgan fingerprint density at radius 1 is 1.33 bits per heavy atom. The van der Waals surface area contributed by atoms with Crippen LogP contribution in [-0.2, 0) is 7.05 Å². The molecule has 1 aliphatic heterocycles. The number of rotatable bonds is 4. The van der Waals surface area contributed by atoms with Crippen LogP contribution < -0.4 is 15.2 Å². The first kappa shape index (κ1) is 12.9. The Kier molecular flexibility index (Phi) is 4.23. The van der Waals surface area contributed by atoms with Crippen LogP contribution in [0.2, 0.25) is 0 Å². The third-order valence-corrected chi connectivity index (χ3v) is 3.18. The Bertz CT molecular complexity index is 450. The second-order valence-electron chi connectivity index (χ2n) is 4.69. The largest absolute Gasteiger partial charge is 0.475 e. The molecule has 0 bridgehead atoms. The van der Waals surface area contributed by atoms with Gasteiger partial charge in [-0.05, 0) is 25.7 Å². The van der Waals surface area contributed by atoms with Gasteiger partial charge in [0.25, 0.3) is 11.4 Å². The molecule has 5 nitrogen and oxygen atoms in total. The van der Waals surface area contributed by atoms with Gasteiger partial charge in [-0.1, -0.05) is 6.92 Å². The van der Waals surface area contributed by atoms with Crippen molar-refractivity contribution in [1.29, 1.82) is 0 Å². The van der Waals surface area contributed by atoms with Gasteiger partial charge in [-0.2, -0.15) is 0 Å². The average Bonchev–Trinajstić information content (AvgIpc) is 2.40. The number of ether oxygens (including phenoxy) is 1. The van der Waals surface area contributed by atoms with Gasteiger partial charge in [0.1, 0.15) is 5.69 Å². The van der Waals surface area contributed by atoms with Crippen LogP contribution in [0.5, 0.6) is 5.88 Å². The van der Waals surface area contributed by atoms with Crippen molar-refractivity contribution in [2.75, 3.05) is 24.6 Å². The van der Waals surface area contributed by atoms with Gasteiger partial charge in [0.2, 0.25) is 0 Å². The molecule has 0 amide bonds. The van der Waals surface area contributed by atoms with Gasteiger partial charge in [-0.3, -0.25) is 4.79 Å². The fourth-order valence-corrected chi connectivity index (χ4v) is 2.17. The van der Waals surface area contributed by atoms with Crippen molar-refractivity contribution in [3.63, 3.8) is 0 Å². The number of hydrogen-bond acceptors (Lipinski definition) is 4. The first-order valence-electron chi connectivity index (χ1n) is 6.68. The highest BCUT2D eigenvalue weighted by molar-refractivity contribution is 5.54. The maximum absolute atomic E-state index is 11.7. The van der Waals surface area contributed by atoms with Crippen LogP contribution >= 0.6 is 0 Å². The summed E-state index contributed by atoms with van der Waals surface area (Å²) in [6, 6.07) is 1.64. The number of aromatic nitrogens is 2. The molecular weight excluding hydrogens is 230 g/mol. The Labute approximate surface area is 107 Å². The monoisotopic (exact) mass is 251 g/mol. The number of hydrogen-bond donors (Lipinski definition) is 0. The summed E-state index contributed by atoms with van der Waals surface area (Å²) in [5.74, 6) is 0.584. The van der Waals surface area contributed by atoms with Gasteiger partial charge in [0.05, 0.1) is 6.61 Å². The third-order valence-electron chi connectivity index (χ3n) is 3.18. The van der Waals surface area contributed by atoms with E-state index in [1.165, 1.54) is 23.9 Å². The van der Waals surface area contributed by atoms with Crippen LogP contribution in [0.4, 0.5) is 5.69 Å². The van der Waals surface area contributed by atoms with Crippen molar-refractivity contribution in [2.45, 2.75) is 32.6 Å². The maximum atomic E-state index is 11.7. The molecule has 0 aromatic carbocycles. The normalized spacial score (nSPS) is 15.8. The molecule has 1 aromatic rings. The van der Waals surface area contributed by atoms with E-state index < -0.39 is 0 Å². The highest BCUT2D eigenvalue weighted by atomic mass is 16.5. The van der Waals surface area contributed by atoms with Crippen LogP contribution in [-0.4, -0.2) is 29.5 Å². The Morgan fingerprint density at radius 2 is 2.06 bits per heavy atom. The van der Waals surface area contributed by atoms with E-state index in [2.05, 4.69) is 16.9 Å². The van der Waals surface area contributed by atoms with Crippen LogP contribution in [0.3, 0.4) is 0 Å². The molecule has 18 heavy (non-hydrogen) atoms. The van der Waals surface area contributed by atoms with E-state index in [0.717, 1.165) is 25.2 Å². The smallest absolute Gasteiger partial charge is 0.268 e. The van der Waals surface area contributed by atoms with Crippen LogP contribution in [0.1, 0.15) is 32.6 Å². The number of aryl methyl sites for hydroxylation is 1. The lowest BCUT2D eigenvalue weighted by Crippen LogP contribution is -2.32. The fourth-order valence-electron chi connectivity index (χ4n) is 2.17. The summed E-state index contributed by atoms with van der Waals surface area (Å²) in [5, 5.41) is 4.23. The van der Waals surface area contributed by atoms with Crippen molar-refractivity contribution in [2.24, 2.45) is 7.05 Å². The maximum Gasteiger partial charge on any atom is 0.268 e. The molecule has 2 heterocycles. The summed E-state index contributed by atoms with van der Waals surface area (Å²) >= 11 is 0. The number of nitrogens with zero attached hydrogens (tertiary/aromatic N) is 3. The zero-order valence-electron chi connectivity index (χ0n) is 11.2. The lowest BCUT2D eigenvalue weighted by atomic mass is 10.1. The molecule has 1 fully saturated rings. The zero-order valence-corrected chi connectivity index (χ0v) is 11.2. The Hall–Kier alpha value is -1.52. The van der Waals surface area contributed by atoms with Crippen molar-refractivity contribution in [3.05, 3.63) is 16.4 Å². The van der Waals surface area contributed by atoms with Crippen LogP contribution in [0.25, 0.3) is 0 Å². The molecule has 0 spiro atoms. The van der Waals surface area contributed by atoms with Crippen molar-refractivity contribution in [3.8, 4) is 5.88 Å². The van der Waals surface area contributed by atoms with E-state index in [0.29, 0.717) is 12.5 Å². The van der Waals surface area contributed by atoms with Crippen molar-refractivity contribution >= 4 is 5.69 Å². The predicted octanol–water partition coefficient (Wildman–Crippen LogP) is 1.56. The summed E-state index contributed by atoms with van der Waals surface area (Å²) in [6.45, 7) is 4.66. The molecule has 0 unspecified atom stereocenters. The molecule has 0 atom stereocenters. The second kappa shape index (κ2) is 5.89. The number of anilines is 1. The van der Waals surface area contributed by atoms with Crippen molar-refractivity contribution in [1.82, 2.24) is 9.78 Å². The number of piperidine rings is 1. The van der Waals surface area contributed by atoms with Crippen LogP contribution in [0, 0.1) is 0 Å². The molecule has 1 saturated heterocycles. The molecule has 2 rings (SSSR count). The second-order valence-corrected chi connectivity index (χ2v) is 4.69. The molecule has 0 saturated carbocycles. The molecule has 100 valence electrons. The minimum atomic E-state index is -0.0839. The quantitative estimate of drug-likeness (QED) is 0.814. The Morgan fingerprint density at radius 3 is 2.72 bits per heavy atom. The summed E-state index contributed by atoms with van der Waals surface area (Å²) < 4.78 is 6.99. The summed E-state index contributed by atoms with van der Waals surface area (Å²) in [5.41, 5.74) is 0.769. The van der Waals surface area contributed by atoms with Gasteiger partial charge in [0, 0.05) is 26.2 Å². The highest BCUT2D eigenvalue weighted by Crippen LogP contribution is 2.26. The molecule has 0 radical (unpaired) electrons. The minimum Gasteiger partial charge on any atom is -0.475 e. The summed E-state index contributed by atoms with van der Waals surface area (Å²) in [4.78, 5) is 13.9. The van der Waals surface area contributed by atoms with Gasteiger partial charge in [0.15, 0.2) is 0 Å².